The molecular weight excluding hydrogens is 326 g/mol. The van der Waals surface area contributed by atoms with Gasteiger partial charge in [-0.15, -0.1) is 0 Å². The van der Waals surface area contributed by atoms with Crippen molar-refractivity contribution >= 4 is 23.2 Å². The first-order valence-electron chi connectivity index (χ1n) is 7.61. The molecule has 1 N–H and O–H groups in total. The van der Waals surface area contributed by atoms with E-state index >= 15 is 0 Å². The Kier molecular flexibility index (Phi) is 4.66. The van der Waals surface area contributed by atoms with Gasteiger partial charge in [-0.3, -0.25) is 14.2 Å². The lowest BCUT2D eigenvalue weighted by Gasteiger charge is -2.15. The van der Waals surface area contributed by atoms with Gasteiger partial charge in [-0.25, -0.2) is 0 Å². The average molecular weight is 344 g/mol. The predicted molar refractivity (Wildman–Crippen MR) is 93.1 cm³/mol. The number of halogens is 1. The molecule has 2 aromatic heterocycles. The molecule has 0 aliphatic carbocycles. The molecule has 1 aromatic carbocycles. The molecule has 0 aliphatic rings. The van der Waals surface area contributed by atoms with Crippen LogP contribution in [-0.2, 0) is 11.3 Å². The number of rotatable bonds is 5. The molecule has 0 saturated heterocycles. The number of hydrogen-bond acceptors (Lipinski definition) is 3. The van der Waals surface area contributed by atoms with Crippen molar-refractivity contribution in [3.05, 3.63) is 65.2 Å². The number of nitrogens with one attached hydrogen (secondary N) is 1. The summed E-state index contributed by atoms with van der Waals surface area (Å²) in [6, 6.07) is 9.16. The largest absolute Gasteiger partial charge is 0.324 e. The summed E-state index contributed by atoms with van der Waals surface area (Å²) in [6.07, 6.45) is 5.05. The molecule has 0 fully saturated rings. The SMILES string of the molecule is Cc1ccnn1C(C)C(=O)Nc1cccc(Cn2cc(Cl)cn2)c1. The lowest BCUT2D eigenvalue weighted by molar-refractivity contribution is -0.119. The van der Waals surface area contributed by atoms with E-state index in [2.05, 4.69) is 15.5 Å². The van der Waals surface area contributed by atoms with E-state index in [0.717, 1.165) is 16.9 Å². The molecule has 6 nitrogen and oxygen atoms in total. The molecule has 2 heterocycles. The molecule has 3 rings (SSSR count). The fourth-order valence-electron chi connectivity index (χ4n) is 2.50. The minimum atomic E-state index is -0.381. The van der Waals surface area contributed by atoms with Gasteiger partial charge < -0.3 is 5.32 Å². The first-order chi connectivity index (χ1) is 11.5. The molecule has 3 aromatic rings. The van der Waals surface area contributed by atoms with Crippen molar-refractivity contribution < 1.29 is 4.79 Å². The van der Waals surface area contributed by atoms with Crippen molar-refractivity contribution in [3.63, 3.8) is 0 Å². The molecule has 0 spiro atoms. The van der Waals surface area contributed by atoms with Crippen LogP contribution in [0, 0.1) is 6.92 Å². The molecule has 0 aliphatic heterocycles. The van der Waals surface area contributed by atoms with Crippen molar-refractivity contribution in [2.45, 2.75) is 26.4 Å². The predicted octanol–water partition coefficient (Wildman–Crippen LogP) is 3.29. The van der Waals surface area contributed by atoms with Crippen LogP contribution in [0.1, 0.15) is 24.2 Å². The molecule has 1 amide bonds. The fourth-order valence-corrected chi connectivity index (χ4v) is 2.66. The second-order valence-electron chi connectivity index (χ2n) is 5.64. The number of hydrogen-bond donors (Lipinski definition) is 1. The third-order valence-corrected chi connectivity index (χ3v) is 3.95. The molecule has 0 saturated carbocycles. The van der Waals surface area contributed by atoms with Crippen LogP contribution >= 0.6 is 11.6 Å². The quantitative estimate of drug-likeness (QED) is 0.773. The number of amides is 1. The summed E-state index contributed by atoms with van der Waals surface area (Å²) in [5.74, 6) is -0.110. The summed E-state index contributed by atoms with van der Waals surface area (Å²) in [7, 11) is 0. The summed E-state index contributed by atoms with van der Waals surface area (Å²) in [6.45, 7) is 4.34. The third-order valence-electron chi connectivity index (χ3n) is 3.76. The highest BCUT2D eigenvalue weighted by molar-refractivity contribution is 6.30. The van der Waals surface area contributed by atoms with Gasteiger partial charge in [0.15, 0.2) is 0 Å². The van der Waals surface area contributed by atoms with Crippen LogP contribution in [0.25, 0.3) is 0 Å². The van der Waals surface area contributed by atoms with E-state index in [1.165, 1.54) is 0 Å². The Morgan fingerprint density at radius 2 is 2.17 bits per heavy atom. The van der Waals surface area contributed by atoms with Crippen LogP contribution in [0.5, 0.6) is 0 Å². The van der Waals surface area contributed by atoms with Crippen LogP contribution in [0.3, 0.4) is 0 Å². The number of aromatic nitrogens is 4. The Morgan fingerprint density at radius 3 is 2.83 bits per heavy atom. The van der Waals surface area contributed by atoms with Crippen molar-refractivity contribution in [2.75, 3.05) is 5.32 Å². The van der Waals surface area contributed by atoms with Gasteiger partial charge in [0.05, 0.1) is 17.8 Å². The lowest BCUT2D eigenvalue weighted by atomic mass is 10.2. The zero-order valence-corrected chi connectivity index (χ0v) is 14.2. The van der Waals surface area contributed by atoms with Crippen LogP contribution in [-0.4, -0.2) is 25.5 Å². The van der Waals surface area contributed by atoms with E-state index in [0.29, 0.717) is 11.6 Å². The zero-order valence-electron chi connectivity index (χ0n) is 13.5. The summed E-state index contributed by atoms with van der Waals surface area (Å²) >= 11 is 5.87. The minimum absolute atomic E-state index is 0.110. The Morgan fingerprint density at radius 1 is 1.33 bits per heavy atom. The Labute approximate surface area is 145 Å². The maximum Gasteiger partial charge on any atom is 0.248 e. The molecule has 1 unspecified atom stereocenters. The third kappa shape index (κ3) is 3.65. The van der Waals surface area contributed by atoms with Crippen molar-refractivity contribution in [1.29, 1.82) is 0 Å². The topological polar surface area (TPSA) is 64.7 Å². The molecule has 0 radical (unpaired) electrons. The summed E-state index contributed by atoms with van der Waals surface area (Å²) < 4.78 is 3.45. The molecular formula is C17H18ClN5O. The highest BCUT2D eigenvalue weighted by Crippen LogP contribution is 2.16. The Bertz CT molecular complexity index is 854. The standard InChI is InChI=1S/C17H18ClN5O/c1-12-6-7-19-23(12)13(2)17(24)21-16-5-3-4-14(8-16)10-22-11-15(18)9-20-22/h3-9,11,13H,10H2,1-2H3,(H,21,24). The van der Waals surface area contributed by atoms with Gasteiger partial charge in [0.25, 0.3) is 0 Å². The van der Waals surface area contributed by atoms with Crippen LogP contribution in [0.15, 0.2) is 48.9 Å². The normalized spacial score (nSPS) is 12.1. The maximum absolute atomic E-state index is 12.4. The second-order valence-corrected chi connectivity index (χ2v) is 6.08. The molecule has 0 bridgehead atoms. The van der Waals surface area contributed by atoms with Crippen molar-refractivity contribution in [1.82, 2.24) is 19.6 Å². The number of aryl methyl sites for hydroxylation is 1. The molecule has 124 valence electrons. The van der Waals surface area contributed by atoms with Gasteiger partial charge in [-0.2, -0.15) is 10.2 Å². The van der Waals surface area contributed by atoms with Gasteiger partial charge >= 0.3 is 0 Å². The zero-order chi connectivity index (χ0) is 17.1. The van der Waals surface area contributed by atoms with E-state index in [9.17, 15) is 4.79 Å². The van der Waals surface area contributed by atoms with E-state index in [4.69, 9.17) is 11.6 Å². The molecule has 24 heavy (non-hydrogen) atoms. The highest BCUT2D eigenvalue weighted by atomic mass is 35.5. The van der Waals surface area contributed by atoms with Crippen LogP contribution in [0.2, 0.25) is 5.02 Å². The molecule has 1 atom stereocenters. The van der Waals surface area contributed by atoms with E-state index in [1.807, 2.05) is 44.2 Å². The lowest BCUT2D eigenvalue weighted by Crippen LogP contribution is -2.25. The van der Waals surface area contributed by atoms with Gasteiger partial charge in [-0.1, -0.05) is 23.7 Å². The summed E-state index contributed by atoms with van der Waals surface area (Å²) in [5, 5.41) is 11.9. The first kappa shape index (κ1) is 16.3. The minimum Gasteiger partial charge on any atom is -0.324 e. The van der Waals surface area contributed by atoms with E-state index in [1.54, 1.807) is 28.0 Å². The second kappa shape index (κ2) is 6.88. The number of nitrogens with zero attached hydrogens (tertiary/aromatic N) is 4. The van der Waals surface area contributed by atoms with Crippen LogP contribution in [0.4, 0.5) is 5.69 Å². The van der Waals surface area contributed by atoms with Gasteiger partial charge in [0, 0.05) is 23.8 Å². The molecule has 7 heteroatoms. The van der Waals surface area contributed by atoms with E-state index < -0.39 is 0 Å². The number of carbonyl (C=O) groups excluding carboxylic acids is 1. The van der Waals surface area contributed by atoms with Crippen molar-refractivity contribution in [3.8, 4) is 0 Å². The number of carbonyl (C=O) groups is 1. The maximum atomic E-state index is 12.4. The van der Waals surface area contributed by atoms with Gasteiger partial charge in [0.2, 0.25) is 5.91 Å². The fraction of sp³-hybridized carbons (Fsp3) is 0.235. The Balaban J connectivity index is 1.70. The van der Waals surface area contributed by atoms with Crippen LogP contribution < -0.4 is 5.32 Å². The number of benzene rings is 1. The summed E-state index contributed by atoms with van der Waals surface area (Å²) in [5.41, 5.74) is 2.71. The van der Waals surface area contributed by atoms with Gasteiger partial charge in [-0.05, 0) is 37.6 Å². The smallest absolute Gasteiger partial charge is 0.248 e. The first-order valence-corrected chi connectivity index (χ1v) is 7.98. The van der Waals surface area contributed by atoms with Crippen molar-refractivity contribution in [2.24, 2.45) is 0 Å². The highest BCUT2D eigenvalue weighted by Gasteiger charge is 2.17. The summed E-state index contributed by atoms with van der Waals surface area (Å²) in [4.78, 5) is 12.4. The monoisotopic (exact) mass is 343 g/mol. The average Bonchev–Trinajstić information content (AvgIpc) is 3.15. The Hall–Kier alpha value is -2.60. The van der Waals surface area contributed by atoms with E-state index in [-0.39, 0.29) is 11.9 Å². The number of anilines is 1. The van der Waals surface area contributed by atoms with Gasteiger partial charge in [0.1, 0.15) is 6.04 Å².